The Morgan fingerprint density at radius 2 is 1.85 bits per heavy atom. The Morgan fingerprint density at radius 1 is 1.25 bits per heavy atom. The van der Waals surface area contributed by atoms with Crippen LogP contribution in [0.25, 0.3) is 0 Å². The number of carbonyl (C=O) groups is 3. The van der Waals surface area contributed by atoms with E-state index in [2.05, 4.69) is 5.32 Å². The van der Waals surface area contributed by atoms with E-state index in [1.807, 2.05) is 30.3 Å². The van der Waals surface area contributed by atoms with E-state index in [9.17, 15) is 14.4 Å². The van der Waals surface area contributed by atoms with Crippen molar-refractivity contribution in [1.29, 1.82) is 0 Å². The van der Waals surface area contributed by atoms with Crippen LogP contribution in [-0.4, -0.2) is 34.8 Å². The van der Waals surface area contributed by atoms with Gasteiger partial charge in [0, 0.05) is 6.92 Å². The highest BCUT2D eigenvalue weighted by atomic mass is 16.4. The van der Waals surface area contributed by atoms with Gasteiger partial charge in [0.1, 0.15) is 0 Å². The Morgan fingerprint density at radius 3 is 2.35 bits per heavy atom. The second kappa shape index (κ2) is 7.40. The summed E-state index contributed by atoms with van der Waals surface area (Å²) in [6.07, 6.45) is -0.170. The van der Waals surface area contributed by atoms with E-state index < -0.39 is 30.3 Å². The molecule has 2 atom stereocenters. The first-order valence-corrected chi connectivity index (χ1v) is 6.22. The van der Waals surface area contributed by atoms with E-state index in [4.69, 9.17) is 10.8 Å². The molecule has 0 saturated heterocycles. The molecule has 0 bridgehead atoms. The number of carboxylic acid groups (broad SMARTS) is 1. The Kier molecular flexibility index (Phi) is 5.86. The minimum atomic E-state index is -1.15. The molecule has 1 aromatic carbocycles. The van der Waals surface area contributed by atoms with Crippen LogP contribution < -0.4 is 11.1 Å². The summed E-state index contributed by atoms with van der Waals surface area (Å²) >= 11 is 0. The van der Waals surface area contributed by atoms with Gasteiger partial charge in [-0.2, -0.15) is 0 Å². The number of amides is 1. The Hall–Kier alpha value is -2.21. The molecule has 0 aliphatic rings. The van der Waals surface area contributed by atoms with E-state index in [-0.39, 0.29) is 12.3 Å². The molecule has 0 aliphatic heterocycles. The maximum absolute atomic E-state index is 12.1. The largest absolute Gasteiger partial charge is 0.481 e. The van der Waals surface area contributed by atoms with Gasteiger partial charge in [-0.3, -0.25) is 14.4 Å². The first kappa shape index (κ1) is 15.8. The number of benzene rings is 1. The predicted molar refractivity (Wildman–Crippen MR) is 73.0 cm³/mol. The summed E-state index contributed by atoms with van der Waals surface area (Å²) in [5.74, 6) is -1.99. The van der Waals surface area contributed by atoms with Crippen molar-refractivity contribution in [3.63, 3.8) is 0 Å². The first-order chi connectivity index (χ1) is 9.40. The van der Waals surface area contributed by atoms with Gasteiger partial charge in [0.05, 0.1) is 18.5 Å². The summed E-state index contributed by atoms with van der Waals surface area (Å²) in [6.45, 7) is 1.30. The van der Waals surface area contributed by atoms with Gasteiger partial charge in [-0.15, -0.1) is 0 Å². The number of carboxylic acids is 1. The standard InChI is InChI=1S/C14H18N2O4/c1-9(17)16-12(7-10-5-3-2-4-6-10)14(20)11(15)8-13(18)19/h2-6,11-12H,7-8,15H2,1H3,(H,16,17)(H,18,19)/t11-,12?/m0/s1. The highest BCUT2D eigenvalue weighted by Gasteiger charge is 2.26. The molecule has 6 heteroatoms. The summed E-state index contributed by atoms with van der Waals surface area (Å²) in [7, 11) is 0. The van der Waals surface area contributed by atoms with Gasteiger partial charge in [-0.05, 0) is 12.0 Å². The molecule has 1 unspecified atom stereocenters. The topological polar surface area (TPSA) is 109 Å². The minimum Gasteiger partial charge on any atom is -0.481 e. The van der Waals surface area contributed by atoms with Crippen LogP contribution in [0.15, 0.2) is 30.3 Å². The zero-order valence-corrected chi connectivity index (χ0v) is 11.2. The lowest BCUT2D eigenvalue weighted by atomic mass is 9.96. The number of aliphatic carboxylic acids is 1. The van der Waals surface area contributed by atoms with Gasteiger partial charge in [-0.1, -0.05) is 30.3 Å². The van der Waals surface area contributed by atoms with Gasteiger partial charge in [0.15, 0.2) is 5.78 Å². The normalized spacial score (nSPS) is 13.3. The van der Waals surface area contributed by atoms with Gasteiger partial charge in [0.25, 0.3) is 0 Å². The van der Waals surface area contributed by atoms with Gasteiger partial charge < -0.3 is 16.2 Å². The zero-order valence-electron chi connectivity index (χ0n) is 11.2. The number of hydrogen-bond donors (Lipinski definition) is 3. The molecular formula is C14H18N2O4. The Bertz CT molecular complexity index is 487. The Labute approximate surface area is 117 Å². The smallest absolute Gasteiger partial charge is 0.305 e. The molecule has 1 amide bonds. The molecule has 0 fully saturated rings. The van der Waals surface area contributed by atoms with Gasteiger partial charge in [-0.25, -0.2) is 0 Å². The van der Waals surface area contributed by atoms with Crippen LogP contribution in [-0.2, 0) is 20.8 Å². The van der Waals surface area contributed by atoms with Crippen molar-refractivity contribution in [1.82, 2.24) is 5.32 Å². The maximum atomic E-state index is 12.1. The van der Waals surface area contributed by atoms with E-state index >= 15 is 0 Å². The zero-order chi connectivity index (χ0) is 15.1. The molecule has 108 valence electrons. The summed E-state index contributed by atoms with van der Waals surface area (Å²) in [6, 6.07) is 7.19. The quantitative estimate of drug-likeness (QED) is 0.655. The molecule has 0 spiro atoms. The highest BCUT2D eigenvalue weighted by Crippen LogP contribution is 2.06. The summed E-state index contributed by atoms with van der Waals surface area (Å²) in [4.78, 5) is 33.9. The number of nitrogens with two attached hydrogens (primary N) is 1. The molecule has 1 rings (SSSR count). The number of nitrogens with one attached hydrogen (secondary N) is 1. The minimum absolute atomic E-state index is 0.284. The third kappa shape index (κ3) is 5.19. The summed E-state index contributed by atoms with van der Waals surface area (Å²) < 4.78 is 0. The van der Waals surface area contributed by atoms with E-state index in [0.717, 1.165) is 5.56 Å². The average Bonchev–Trinajstić information content (AvgIpc) is 2.37. The highest BCUT2D eigenvalue weighted by molar-refractivity contribution is 5.94. The van der Waals surface area contributed by atoms with Crippen molar-refractivity contribution in [2.45, 2.75) is 31.8 Å². The molecule has 0 radical (unpaired) electrons. The van der Waals surface area contributed by atoms with Crippen LogP contribution in [0.4, 0.5) is 0 Å². The lowest BCUT2D eigenvalue weighted by Crippen LogP contribution is -2.49. The lowest BCUT2D eigenvalue weighted by Gasteiger charge is -2.20. The molecule has 1 aromatic rings. The van der Waals surface area contributed by atoms with Crippen LogP contribution >= 0.6 is 0 Å². The van der Waals surface area contributed by atoms with E-state index in [1.54, 1.807) is 0 Å². The fourth-order valence-corrected chi connectivity index (χ4v) is 1.87. The average molecular weight is 278 g/mol. The van der Waals surface area contributed by atoms with Gasteiger partial charge in [0.2, 0.25) is 5.91 Å². The number of ketones is 1. The van der Waals surface area contributed by atoms with Crippen molar-refractivity contribution in [3.05, 3.63) is 35.9 Å². The van der Waals surface area contributed by atoms with E-state index in [0.29, 0.717) is 0 Å². The third-order valence-corrected chi connectivity index (χ3v) is 2.76. The van der Waals surface area contributed by atoms with Crippen LogP contribution in [0.3, 0.4) is 0 Å². The maximum Gasteiger partial charge on any atom is 0.305 e. The monoisotopic (exact) mass is 278 g/mol. The molecule has 0 aliphatic carbocycles. The summed E-state index contributed by atoms with van der Waals surface area (Å²) in [5.41, 5.74) is 6.43. The SMILES string of the molecule is CC(=O)NC(Cc1ccccc1)C(=O)[C@@H](N)CC(=O)O. The second-order valence-electron chi connectivity index (χ2n) is 4.55. The summed E-state index contributed by atoms with van der Waals surface area (Å²) in [5, 5.41) is 11.2. The van der Waals surface area contributed by atoms with Crippen molar-refractivity contribution < 1.29 is 19.5 Å². The molecule has 4 N–H and O–H groups in total. The molecular weight excluding hydrogens is 260 g/mol. The van der Waals surface area contributed by atoms with Crippen molar-refractivity contribution >= 4 is 17.7 Å². The number of rotatable bonds is 7. The molecule has 20 heavy (non-hydrogen) atoms. The fraction of sp³-hybridized carbons (Fsp3) is 0.357. The molecule has 6 nitrogen and oxygen atoms in total. The predicted octanol–water partition coefficient (Wildman–Crippen LogP) is 0.105. The van der Waals surface area contributed by atoms with Crippen molar-refractivity contribution in [2.24, 2.45) is 5.73 Å². The molecule has 0 saturated carbocycles. The fourth-order valence-electron chi connectivity index (χ4n) is 1.87. The van der Waals surface area contributed by atoms with Crippen LogP contribution in [0, 0.1) is 0 Å². The van der Waals surface area contributed by atoms with Crippen molar-refractivity contribution in [3.8, 4) is 0 Å². The van der Waals surface area contributed by atoms with Gasteiger partial charge >= 0.3 is 5.97 Å². The van der Waals surface area contributed by atoms with Crippen LogP contribution in [0.2, 0.25) is 0 Å². The van der Waals surface area contributed by atoms with Crippen LogP contribution in [0.1, 0.15) is 18.9 Å². The molecule has 0 aromatic heterocycles. The number of hydrogen-bond acceptors (Lipinski definition) is 4. The van der Waals surface area contributed by atoms with Crippen molar-refractivity contribution in [2.75, 3.05) is 0 Å². The van der Waals surface area contributed by atoms with E-state index in [1.165, 1.54) is 6.92 Å². The van der Waals surface area contributed by atoms with Crippen LogP contribution in [0.5, 0.6) is 0 Å². The molecule has 0 heterocycles. The first-order valence-electron chi connectivity index (χ1n) is 6.22. The third-order valence-electron chi connectivity index (χ3n) is 2.76. The number of Topliss-reactive ketones (excluding diaryl/α,β-unsaturated/α-hetero) is 1. The second-order valence-corrected chi connectivity index (χ2v) is 4.55. The Balaban J connectivity index is 2.80. The number of carbonyl (C=O) groups excluding carboxylic acids is 2. The lowest BCUT2D eigenvalue weighted by molar-refractivity contribution is -0.139.